The van der Waals surface area contributed by atoms with Crippen molar-refractivity contribution < 1.29 is 24.2 Å². The first-order chi connectivity index (χ1) is 18.4. The average molecular weight is 547 g/mol. The number of nitrogens with zero attached hydrogens (tertiary/aromatic N) is 2. The number of Topliss-reactive ketones (excluding diaryl/α,β-unsaturated/α-hetero) is 1. The number of carbonyl (C=O) groups excluding carboxylic acids is 2. The van der Waals surface area contributed by atoms with Crippen LogP contribution in [0, 0.1) is 0 Å². The number of hydrogen-bond donors (Lipinski definition) is 1. The highest BCUT2D eigenvalue weighted by atomic mass is 35.5. The zero-order valence-corrected chi connectivity index (χ0v) is 22.0. The average Bonchev–Trinajstić information content (AvgIpc) is 3.45. The molecule has 1 saturated heterocycles. The summed E-state index contributed by atoms with van der Waals surface area (Å²) in [6, 6.07) is 18.0. The quantitative estimate of drug-likeness (QED) is 0.117. The fourth-order valence-electron chi connectivity index (χ4n) is 4.26. The van der Waals surface area contributed by atoms with Gasteiger partial charge in [0.15, 0.2) is 5.13 Å². The molecule has 192 valence electrons. The van der Waals surface area contributed by atoms with E-state index in [1.807, 2.05) is 25.1 Å². The Morgan fingerprint density at radius 2 is 1.79 bits per heavy atom. The number of thiazole rings is 1. The Bertz CT molecular complexity index is 1560. The minimum Gasteiger partial charge on any atom is -0.507 e. The number of ketones is 1. The molecule has 1 N–H and O–H groups in total. The SMILES string of the molecule is C=CCOc1ccc(C2/C(=C(\O)c3ccc(Cl)cc3)C(=O)C(=O)N2c2nc3ccc(OCC)cc3s2)cc1. The zero-order valence-electron chi connectivity index (χ0n) is 20.4. The lowest BCUT2D eigenvalue weighted by atomic mass is 9.95. The molecule has 1 aromatic heterocycles. The second-order valence-electron chi connectivity index (χ2n) is 8.40. The number of carbonyl (C=O) groups is 2. The summed E-state index contributed by atoms with van der Waals surface area (Å²) in [7, 11) is 0. The number of fused-ring (bicyclic) bond motifs is 1. The number of anilines is 1. The van der Waals surface area contributed by atoms with Crippen molar-refractivity contribution in [1.82, 2.24) is 4.98 Å². The predicted molar refractivity (Wildman–Crippen MR) is 149 cm³/mol. The van der Waals surface area contributed by atoms with Crippen LogP contribution in [-0.2, 0) is 9.59 Å². The van der Waals surface area contributed by atoms with Gasteiger partial charge in [-0.1, -0.05) is 47.7 Å². The Morgan fingerprint density at radius 3 is 2.47 bits per heavy atom. The number of rotatable bonds is 8. The van der Waals surface area contributed by atoms with E-state index in [1.54, 1.807) is 54.6 Å². The highest BCUT2D eigenvalue weighted by molar-refractivity contribution is 7.22. The highest BCUT2D eigenvalue weighted by Crippen LogP contribution is 2.45. The van der Waals surface area contributed by atoms with Crippen molar-refractivity contribution in [2.75, 3.05) is 18.1 Å². The lowest BCUT2D eigenvalue weighted by molar-refractivity contribution is -0.132. The molecule has 1 amide bonds. The molecule has 1 fully saturated rings. The third-order valence-electron chi connectivity index (χ3n) is 5.99. The summed E-state index contributed by atoms with van der Waals surface area (Å²) in [5, 5.41) is 12.1. The lowest BCUT2D eigenvalue weighted by Crippen LogP contribution is -2.29. The lowest BCUT2D eigenvalue weighted by Gasteiger charge is -2.23. The third kappa shape index (κ3) is 4.76. The summed E-state index contributed by atoms with van der Waals surface area (Å²) in [5.74, 6) is -0.581. The van der Waals surface area contributed by atoms with Crippen LogP contribution < -0.4 is 14.4 Å². The Balaban J connectivity index is 1.65. The summed E-state index contributed by atoms with van der Waals surface area (Å²) in [6.07, 6.45) is 1.64. The monoisotopic (exact) mass is 546 g/mol. The first kappa shape index (κ1) is 25.5. The van der Waals surface area contributed by atoms with Crippen LogP contribution in [0.5, 0.6) is 11.5 Å². The molecular formula is C29H23ClN2O5S. The maximum atomic E-state index is 13.5. The van der Waals surface area contributed by atoms with E-state index in [9.17, 15) is 14.7 Å². The Labute approximate surface area is 228 Å². The van der Waals surface area contributed by atoms with Gasteiger partial charge >= 0.3 is 5.91 Å². The van der Waals surface area contributed by atoms with Crippen molar-refractivity contribution in [3.05, 3.63) is 101 Å². The third-order valence-corrected chi connectivity index (χ3v) is 7.26. The van der Waals surface area contributed by atoms with Crippen molar-refractivity contribution in [1.29, 1.82) is 0 Å². The van der Waals surface area contributed by atoms with Crippen LogP contribution in [0.4, 0.5) is 5.13 Å². The van der Waals surface area contributed by atoms with Gasteiger partial charge in [-0.3, -0.25) is 14.5 Å². The number of amides is 1. The molecule has 5 rings (SSSR count). The molecule has 3 aromatic carbocycles. The molecule has 0 aliphatic carbocycles. The van der Waals surface area contributed by atoms with E-state index < -0.39 is 17.7 Å². The molecule has 1 atom stereocenters. The van der Waals surface area contributed by atoms with Gasteiger partial charge in [-0.15, -0.1) is 0 Å². The van der Waals surface area contributed by atoms with Crippen LogP contribution >= 0.6 is 22.9 Å². The fraction of sp³-hybridized carbons (Fsp3) is 0.138. The number of aromatic nitrogens is 1. The smallest absolute Gasteiger partial charge is 0.301 e. The molecule has 4 aromatic rings. The molecule has 1 unspecified atom stereocenters. The maximum Gasteiger partial charge on any atom is 0.301 e. The Morgan fingerprint density at radius 1 is 1.08 bits per heavy atom. The number of hydrogen-bond acceptors (Lipinski definition) is 7. The van der Waals surface area contributed by atoms with E-state index in [1.165, 1.54) is 16.2 Å². The van der Waals surface area contributed by atoms with Gasteiger partial charge in [0, 0.05) is 10.6 Å². The summed E-state index contributed by atoms with van der Waals surface area (Å²) in [4.78, 5) is 32.9. The van der Waals surface area contributed by atoms with Crippen LogP contribution in [0.1, 0.15) is 24.1 Å². The molecule has 2 heterocycles. The second kappa shape index (κ2) is 10.7. The van der Waals surface area contributed by atoms with E-state index in [-0.39, 0.29) is 11.3 Å². The number of benzene rings is 3. The molecule has 9 heteroatoms. The minimum absolute atomic E-state index is 0.0358. The molecule has 0 saturated carbocycles. The van der Waals surface area contributed by atoms with E-state index in [4.69, 9.17) is 21.1 Å². The van der Waals surface area contributed by atoms with Crippen LogP contribution in [0.15, 0.2) is 85.0 Å². The summed E-state index contributed by atoms with van der Waals surface area (Å²) >= 11 is 7.28. The number of aliphatic hydroxyl groups is 1. The molecule has 7 nitrogen and oxygen atoms in total. The number of aliphatic hydroxyl groups excluding tert-OH is 1. The topological polar surface area (TPSA) is 89.0 Å². The van der Waals surface area contributed by atoms with Gasteiger partial charge < -0.3 is 14.6 Å². The fourth-order valence-corrected chi connectivity index (χ4v) is 5.41. The van der Waals surface area contributed by atoms with Crippen LogP contribution in [-0.4, -0.2) is 35.0 Å². The first-order valence-electron chi connectivity index (χ1n) is 11.8. The number of halogens is 1. The van der Waals surface area contributed by atoms with Gasteiger partial charge in [0.1, 0.15) is 23.9 Å². The molecule has 1 aliphatic heterocycles. The molecular weight excluding hydrogens is 524 g/mol. The van der Waals surface area contributed by atoms with Crippen LogP contribution in [0.3, 0.4) is 0 Å². The summed E-state index contributed by atoms with van der Waals surface area (Å²) in [6.45, 7) is 6.40. The Hall–Kier alpha value is -4.14. The summed E-state index contributed by atoms with van der Waals surface area (Å²) in [5.41, 5.74) is 1.61. The van der Waals surface area contributed by atoms with Crippen molar-refractivity contribution in [3.8, 4) is 11.5 Å². The number of ether oxygens (including phenoxy) is 2. The predicted octanol–water partition coefficient (Wildman–Crippen LogP) is 6.54. The van der Waals surface area contributed by atoms with Crippen molar-refractivity contribution in [2.24, 2.45) is 0 Å². The normalized spacial score (nSPS) is 16.7. The second-order valence-corrected chi connectivity index (χ2v) is 9.85. The first-order valence-corrected chi connectivity index (χ1v) is 13.0. The van der Waals surface area contributed by atoms with Gasteiger partial charge in [-0.25, -0.2) is 4.98 Å². The molecule has 0 radical (unpaired) electrons. The van der Waals surface area contributed by atoms with Crippen LogP contribution in [0.25, 0.3) is 16.0 Å². The highest BCUT2D eigenvalue weighted by Gasteiger charge is 2.48. The molecule has 0 bridgehead atoms. The van der Waals surface area contributed by atoms with Gasteiger partial charge in [0.05, 0.1) is 28.4 Å². The molecule has 38 heavy (non-hydrogen) atoms. The zero-order chi connectivity index (χ0) is 26.8. The van der Waals surface area contributed by atoms with E-state index in [0.29, 0.717) is 51.5 Å². The van der Waals surface area contributed by atoms with Gasteiger partial charge in [0.2, 0.25) is 0 Å². The Kier molecular flexibility index (Phi) is 7.18. The van der Waals surface area contributed by atoms with Crippen molar-refractivity contribution in [3.63, 3.8) is 0 Å². The van der Waals surface area contributed by atoms with Crippen molar-refractivity contribution in [2.45, 2.75) is 13.0 Å². The standard InChI is InChI=1S/C29H23ClN2O5S/c1-3-15-37-20-11-7-17(8-12-20)25-24(26(33)18-5-9-19(30)10-6-18)27(34)28(35)32(25)29-31-22-14-13-21(36-4-2)16-23(22)38-29/h3,5-14,16,25,33H,1,4,15H2,2H3/b26-24+. The van der Waals surface area contributed by atoms with Gasteiger partial charge in [-0.05, 0) is 67.1 Å². The van der Waals surface area contributed by atoms with Crippen LogP contribution in [0.2, 0.25) is 5.02 Å². The maximum absolute atomic E-state index is 13.5. The largest absolute Gasteiger partial charge is 0.507 e. The van der Waals surface area contributed by atoms with Gasteiger partial charge in [-0.2, -0.15) is 0 Å². The van der Waals surface area contributed by atoms with E-state index in [0.717, 1.165) is 4.70 Å². The van der Waals surface area contributed by atoms with Gasteiger partial charge in [0.25, 0.3) is 5.78 Å². The van der Waals surface area contributed by atoms with E-state index >= 15 is 0 Å². The molecule has 1 aliphatic rings. The van der Waals surface area contributed by atoms with E-state index in [2.05, 4.69) is 11.6 Å². The molecule has 0 spiro atoms. The minimum atomic E-state index is -0.911. The van der Waals surface area contributed by atoms with Crippen molar-refractivity contribution >= 4 is 55.7 Å². The summed E-state index contributed by atoms with van der Waals surface area (Å²) < 4.78 is 12.0.